The van der Waals surface area contributed by atoms with Crippen molar-refractivity contribution in [3.05, 3.63) is 8.46 Å². The van der Waals surface area contributed by atoms with Crippen LogP contribution in [0.3, 0.4) is 0 Å². The average Bonchev–Trinajstić information content (AvgIpc) is 1.91. The number of hydrogen-bond acceptors (Lipinski definition) is 3. The molecular formula is C2H2KN2S3. The first-order chi connectivity index (χ1) is 3.30. The monoisotopic (exact) mass is 189 g/mol. The van der Waals surface area contributed by atoms with Gasteiger partial charge in [-0.2, -0.15) is 0 Å². The van der Waals surface area contributed by atoms with E-state index in [4.69, 9.17) is 24.4 Å². The molecule has 1 aromatic heterocycles. The molecule has 0 aliphatic carbocycles. The van der Waals surface area contributed by atoms with Crippen LogP contribution in [-0.2, 0) is 0 Å². The van der Waals surface area contributed by atoms with Crippen LogP contribution in [0, 0.1) is 8.46 Å². The van der Waals surface area contributed by atoms with E-state index >= 15 is 0 Å². The number of aromatic nitrogens is 2. The number of H-pyrrole nitrogens is 2. The van der Waals surface area contributed by atoms with E-state index in [9.17, 15) is 0 Å². The van der Waals surface area contributed by atoms with Crippen molar-refractivity contribution in [3.63, 3.8) is 0 Å². The summed E-state index contributed by atoms with van der Waals surface area (Å²) in [6.07, 6.45) is 0. The van der Waals surface area contributed by atoms with Crippen LogP contribution in [0.1, 0.15) is 0 Å². The van der Waals surface area contributed by atoms with Crippen molar-refractivity contribution in [2.24, 2.45) is 0 Å². The number of rotatable bonds is 0. The zero-order valence-electron chi connectivity index (χ0n) is 4.22. The van der Waals surface area contributed by atoms with Gasteiger partial charge < -0.3 is 0 Å². The second-order valence-corrected chi connectivity index (χ2v) is 2.84. The Morgan fingerprint density at radius 2 is 2.00 bits per heavy atom. The van der Waals surface area contributed by atoms with Crippen LogP contribution in [0.15, 0.2) is 0 Å². The number of aromatic amines is 2. The molecule has 0 aromatic carbocycles. The molecule has 0 saturated heterocycles. The minimum atomic E-state index is 0. The van der Waals surface area contributed by atoms with Gasteiger partial charge >= 0.3 is 0 Å². The van der Waals surface area contributed by atoms with Crippen molar-refractivity contribution in [1.29, 1.82) is 0 Å². The van der Waals surface area contributed by atoms with Gasteiger partial charge in [-0.15, -0.1) is 0 Å². The molecule has 0 amide bonds. The summed E-state index contributed by atoms with van der Waals surface area (Å²) >= 11 is 10.8. The SMILES string of the molecule is S=c1[nH][nH]sc1=S.[K]. The summed E-state index contributed by atoms with van der Waals surface area (Å²) in [6, 6.07) is 0. The van der Waals surface area contributed by atoms with Gasteiger partial charge in [0.15, 0.2) is 0 Å². The third kappa shape index (κ3) is 2.48. The molecule has 0 aliphatic heterocycles. The maximum absolute atomic E-state index is 4.74. The third-order valence-corrected chi connectivity index (χ3v) is 2.11. The molecule has 1 rings (SSSR count). The van der Waals surface area contributed by atoms with Gasteiger partial charge in [0, 0.05) is 51.4 Å². The van der Waals surface area contributed by atoms with Crippen molar-refractivity contribution in [2.75, 3.05) is 0 Å². The van der Waals surface area contributed by atoms with Crippen LogP contribution in [0.5, 0.6) is 0 Å². The van der Waals surface area contributed by atoms with Crippen molar-refractivity contribution in [1.82, 2.24) is 9.59 Å². The fraction of sp³-hybridized carbons (Fsp3) is 0. The summed E-state index contributed by atoms with van der Waals surface area (Å²) in [7, 11) is 0. The maximum Gasteiger partial charge on any atom is 0.148 e. The zero-order chi connectivity index (χ0) is 5.28. The molecule has 1 heterocycles. The molecule has 2 nitrogen and oxygen atoms in total. The molecule has 1 aromatic rings. The van der Waals surface area contributed by atoms with Gasteiger partial charge in [0.2, 0.25) is 0 Å². The molecule has 8 heavy (non-hydrogen) atoms. The van der Waals surface area contributed by atoms with E-state index < -0.39 is 0 Å². The normalized spacial score (nSPS) is 8.00. The minimum Gasteiger partial charge on any atom is -0.280 e. The second kappa shape index (κ2) is 4.45. The van der Waals surface area contributed by atoms with Gasteiger partial charge in [0.05, 0.1) is 0 Å². The summed E-state index contributed by atoms with van der Waals surface area (Å²) < 4.78 is 4.05. The van der Waals surface area contributed by atoms with Gasteiger partial charge in [-0.05, 0) is 11.5 Å². The Kier molecular flexibility index (Phi) is 5.36. The molecular weight excluding hydrogens is 187 g/mol. The van der Waals surface area contributed by atoms with Crippen LogP contribution in [0.25, 0.3) is 0 Å². The predicted octanol–water partition coefficient (Wildman–Crippen LogP) is 1.48. The molecule has 0 fully saturated rings. The summed E-state index contributed by atoms with van der Waals surface area (Å²) in [5, 5.41) is 2.67. The maximum atomic E-state index is 4.74. The largest absolute Gasteiger partial charge is 0.280 e. The molecule has 0 aliphatic rings. The summed E-state index contributed by atoms with van der Waals surface area (Å²) in [5.74, 6) is 0. The molecule has 0 saturated carbocycles. The summed E-state index contributed by atoms with van der Waals surface area (Å²) in [6.45, 7) is 0. The van der Waals surface area contributed by atoms with Gasteiger partial charge in [-0.25, -0.2) is 0 Å². The Morgan fingerprint density at radius 1 is 1.38 bits per heavy atom. The van der Waals surface area contributed by atoms with Crippen molar-refractivity contribution in [3.8, 4) is 0 Å². The van der Waals surface area contributed by atoms with Gasteiger partial charge in [0.25, 0.3) is 0 Å². The van der Waals surface area contributed by atoms with Gasteiger partial charge in [-0.3, -0.25) is 9.59 Å². The predicted molar refractivity (Wildman–Crippen MR) is 40.4 cm³/mol. The van der Waals surface area contributed by atoms with Crippen LogP contribution in [0.2, 0.25) is 0 Å². The average molecular weight is 189 g/mol. The third-order valence-electron chi connectivity index (χ3n) is 0.494. The van der Waals surface area contributed by atoms with E-state index in [1.54, 1.807) is 0 Å². The van der Waals surface area contributed by atoms with Gasteiger partial charge in [-0.1, -0.05) is 24.4 Å². The first-order valence-corrected chi connectivity index (χ1v) is 3.20. The Morgan fingerprint density at radius 3 is 2.12 bits per heavy atom. The van der Waals surface area contributed by atoms with Crippen molar-refractivity contribution in [2.45, 2.75) is 0 Å². The molecule has 0 atom stereocenters. The summed E-state index contributed by atoms with van der Waals surface area (Å²) in [5.41, 5.74) is 0. The van der Waals surface area contributed by atoms with Crippen LogP contribution in [0.4, 0.5) is 0 Å². The molecule has 0 spiro atoms. The van der Waals surface area contributed by atoms with E-state index in [0.717, 1.165) is 3.82 Å². The Bertz CT molecular complexity index is 220. The molecule has 1 radical (unpaired) electrons. The Hall–Kier alpha value is 1.64. The number of nitrogens with one attached hydrogen (secondary N) is 2. The van der Waals surface area contributed by atoms with E-state index in [1.807, 2.05) is 0 Å². The second-order valence-electron chi connectivity index (χ2n) is 0.946. The Balaban J connectivity index is 0.000000490. The fourth-order valence-electron chi connectivity index (χ4n) is 0.216. The van der Waals surface area contributed by atoms with Gasteiger partial charge in [0.1, 0.15) is 8.46 Å². The molecule has 0 unspecified atom stereocenters. The number of hydrogen-bond donors (Lipinski definition) is 2. The van der Waals surface area contributed by atoms with Crippen LogP contribution in [-0.4, -0.2) is 61.0 Å². The van der Waals surface area contributed by atoms with Crippen LogP contribution >= 0.6 is 36.0 Å². The molecule has 2 N–H and O–H groups in total. The molecule has 39 valence electrons. The minimum absolute atomic E-state index is 0. The Labute approximate surface area is 103 Å². The van der Waals surface area contributed by atoms with E-state index in [0.29, 0.717) is 4.64 Å². The molecule has 6 heteroatoms. The van der Waals surface area contributed by atoms with E-state index in [1.165, 1.54) is 11.5 Å². The fourth-order valence-corrected chi connectivity index (χ4v) is 1.02. The topological polar surface area (TPSA) is 31.6 Å². The molecule has 0 bridgehead atoms. The van der Waals surface area contributed by atoms with E-state index in [-0.39, 0.29) is 51.4 Å². The first kappa shape index (κ1) is 9.64. The van der Waals surface area contributed by atoms with Crippen molar-refractivity contribution >= 4 is 87.4 Å². The van der Waals surface area contributed by atoms with Crippen LogP contribution < -0.4 is 0 Å². The first-order valence-electron chi connectivity index (χ1n) is 1.57. The smallest absolute Gasteiger partial charge is 0.148 e. The summed E-state index contributed by atoms with van der Waals surface area (Å²) in [4.78, 5) is 0. The standard InChI is InChI=1S/C2H2N2S3.K/c5-1-2(6)7-4-3-1;/h4H,(H,3,5);. The van der Waals surface area contributed by atoms with E-state index in [2.05, 4.69) is 9.59 Å². The quantitative estimate of drug-likeness (QED) is 0.478. The van der Waals surface area contributed by atoms with Crippen molar-refractivity contribution < 1.29 is 0 Å². The zero-order valence-corrected chi connectivity index (χ0v) is 9.80.